The number of aromatic hydroxyl groups is 5. The molecule has 5 unspecified atom stereocenters. The van der Waals surface area contributed by atoms with Crippen LogP contribution in [0.1, 0.15) is 20.7 Å². The zero-order valence-corrected chi connectivity index (χ0v) is 19.4. The van der Waals surface area contributed by atoms with Crippen LogP contribution in [-0.4, -0.2) is 103 Å². The summed E-state index contributed by atoms with van der Waals surface area (Å²) in [6.07, 6.45) is -9.62. The first kappa shape index (κ1) is 28.5. The number of phenols is 5. The molecule has 1 saturated heterocycles. The van der Waals surface area contributed by atoms with Crippen molar-refractivity contribution in [3.05, 3.63) is 35.4 Å². The predicted octanol–water partition coefficient (Wildman–Crippen LogP) is -1.78. The molecule has 1 aliphatic rings. The molecule has 0 saturated carbocycles. The number of aliphatic hydroxyl groups excluding tert-OH is 3. The maximum absolute atomic E-state index is 12.7. The van der Waals surface area contributed by atoms with Crippen molar-refractivity contribution >= 4 is 22.3 Å². The third kappa shape index (κ3) is 6.07. The molecule has 17 nitrogen and oxygen atoms in total. The fourth-order valence-electron chi connectivity index (χ4n) is 3.34. The SMILES string of the molecule is O=C(OC1C(CO)OC(O)C(O)C1OC(=O)c1cc(O)c(OS(=O)(=O)O)c(O)c1)c1cc(O)c(O)c(O)c1. The molecule has 0 aromatic heterocycles. The van der Waals surface area contributed by atoms with Gasteiger partial charge in [-0.25, -0.2) is 9.59 Å². The van der Waals surface area contributed by atoms with E-state index in [9.17, 15) is 58.9 Å². The van der Waals surface area contributed by atoms with Crippen LogP contribution in [0.2, 0.25) is 0 Å². The van der Waals surface area contributed by atoms with Gasteiger partial charge >= 0.3 is 22.3 Å². The van der Waals surface area contributed by atoms with Crippen molar-refractivity contribution in [1.82, 2.24) is 0 Å². The average molecular weight is 564 g/mol. The molecule has 0 spiro atoms. The fraction of sp³-hybridized carbons (Fsp3) is 0.300. The number of ether oxygens (including phenoxy) is 3. The van der Waals surface area contributed by atoms with E-state index in [1.807, 2.05) is 0 Å². The second kappa shape index (κ2) is 10.7. The lowest BCUT2D eigenvalue weighted by molar-refractivity contribution is -0.285. The molecule has 18 heteroatoms. The summed E-state index contributed by atoms with van der Waals surface area (Å²) in [5.41, 5.74) is -1.22. The van der Waals surface area contributed by atoms with Gasteiger partial charge in [0.05, 0.1) is 17.7 Å². The summed E-state index contributed by atoms with van der Waals surface area (Å²) >= 11 is 0. The van der Waals surface area contributed by atoms with Crippen molar-refractivity contribution in [2.45, 2.75) is 30.7 Å². The first-order valence-corrected chi connectivity index (χ1v) is 11.5. The van der Waals surface area contributed by atoms with Crippen molar-refractivity contribution in [3.63, 3.8) is 0 Å². The topological polar surface area (TPSA) is 287 Å². The minimum absolute atomic E-state index is 0.538. The molecule has 1 aliphatic heterocycles. The molecule has 38 heavy (non-hydrogen) atoms. The number of carbonyl (C=O) groups excluding carboxylic acids is 2. The highest BCUT2D eigenvalue weighted by Crippen LogP contribution is 2.39. The highest BCUT2D eigenvalue weighted by atomic mass is 32.3. The lowest BCUT2D eigenvalue weighted by Gasteiger charge is -2.41. The van der Waals surface area contributed by atoms with Gasteiger partial charge in [0.1, 0.15) is 12.2 Å². The van der Waals surface area contributed by atoms with Crippen LogP contribution in [0.4, 0.5) is 0 Å². The van der Waals surface area contributed by atoms with E-state index < -0.39 is 105 Å². The minimum atomic E-state index is -5.18. The van der Waals surface area contributed by atoms with E-state index >= 15 is 0 Å². The molecule has 1 heterocycles. The lowest BCUT2D eigenvalue weighted by atomic mass is 9.98. The van der Waals surface area contributed by atoms with E-state index in [1.54, 1.807) is 0 Å². The Bertz CT molecular complexity index is 1290. The monoisotopic (exact) mass is 564 g/mol. The smallest absolute Gasteiger partial charge is 0.446 e. The quantitative estimate of drug-likeness (QED) is 0.102. The molecule has 5 atom stereocenters. The summed E-state index contributed by atoms with van der Waals surface area (Å²) < 4.78 is 49.6. The number of carbonyl (C=O) groups is 2. The Morgan fingerprint density at radius 1 is 0.816 bits per heavy atom. The van der Waals surface area contributed by atoms with E-state index in [4.69, 9.17) is 18.8 Å². The Morgan fingerprint density at radius 3 is 1.71 bits per heavy atom. The molecule has 208 valence electrons. The van der Waals surface area contributed by atoms with E-state index in [0.29, 0.717) is 24.3 Å². The van der Waals surface area contributed by atoms with Gasteiger partial charge in [-0.15, -0.1) is 0 Å². The van der Waals surface area contributed by atoms with Gasteiger partial charge in [0.2, 0.25) is 5.75 Å². The number of hydrogen-bond donors (Lipinski definition) is 9. The van der Waals surface area contributed by atoms with Crippen LogP contribution in [0.3, 0.4) is 0 Å². The van der Waals surface area contributed by atoms with Gasteiger partial charge in [-0.1, -0.05) is 0 Å². The molecule has 0 bridgehead atoms. The Labute approximate surface area is 211 Å². The molecule has 2 aromatic carbocycles. The van der Waals surface area contributed by atoms with Gasteiger partial charge in [0, 0.05) is 0 Å². The van der Waals surface area contributed by atoms with E-state index in [0.717, 1.165) is 0 Å². The third-order valence-electron chi connectivity index (χ3n) is 5.08. The summed E-state index contributed by atoms with van der Waals surface area (Å²) in [4.78, 5) is 25.3. The lowest BCUT2D eigenvalue weighted by Crippen LogP contribution is -2.61. The molecule has 3 rings (SSSR count). The van der Waals surface area contributed by atoms with E-state index in [2.05, 4.69) is 4.18 Å². The Kier molecular flexibility index (Phi) is 8.05. The van der Waals surface area contributed by atoms with Crippen molar-refractivity contribution in [2.75, 3.05) is 6.61 Å². The number of aliphatic hydroxyl groups is 3. The van der Waals surface area contributed by atoms with Gasteiger partial charge in [0.15, 0.2) is 47.2 Å². The molecular weight excluding hydrogens is 544 g/mol. The highest BCUT2D eigenvalue weighted by molar-refractivity contribution is 7.81. The molecular formula is C20H20O17S. The fourth-order valence-corrected chi connectivity index (χ4v) is 3.73. The molecule has 0 amide bonds. The predicted molar refractivity (Wildman–Crippen MR) is 116 cm³/mol. The van der Waals surface area contributed by atoms with Crippen LogP contribution in [0.15, 0.2) is 24.3 Å². The number of benzene rings is 2. The summed E-state index contributed by atoms with van der Waals surface area (Å²) in [5.74, 6) is -8.99. The van der Waals surface area contributed by atoms with Crippen LogP contribution < -0.4 is 4.18 Å². The molecule has 0 aliphatic carbocycles. The normalized spacial score (nSPS) is 23.4. The molecule has 1 fully saturated rings. The zero-order valence-electron chi connectivity index (χ0n) is 18.6. The van der Waals surface area contributed by atoms with Gasteiger partial charge < -0.3 is 59.2 Å². The van der Waals surface area contributed by atoms with Gasteiger partial charge in [-0.3, -0.25) is 4.55 Å². The first-order chi connectivity index (χ1) is 17.6. The van der Waals surface area contributed by atoms with Crippen molar-refractivity contribution < 1.29 is 81.8 Å². The van der Waals surface area contributed by atoms with Crippen molar-refractivity contribution in [2.24, 2.45) is 0 Å². The summed E-state index contributed by atoms with van der Waals surface area (Å²) in [6, 6.07) is 2.47. The standard InChI is InChI=1S/C20H20O17S/c21-5-12-16(35-18(28)6-1-8(22)13(26)9(23)2-6)17(14(27)20(30)34-12)36-19(29)7-3-10(24)15(11(25)4-7)37-38(31,32)33/h1-4,12,14,16-17,20-27,30H,5H2,(H,31,32,33). The van der Waals surface area contributed by atoms with Crippen LogP contribution >= 0.6 is 0 Å². The van der Waals surface area contributed by atoms with Crippen LogP contribution in [0, 0.1) is 0 Å². The molecule has 9 N–H and O–H groups in total. The summed E-state index contributed by atoms with van der Waals surface area (Å²) in [5, 5.41) is 78.4. The van der Waals surface area contributed by atoms with Crippen LogP contribution in [0.5, 0.6) is 34.5 Å². The maximum Gasteiger partial charge on any atom is 0.446 e. The Balaban J connectivity index is 1.91. The summed E-state index contributed by atoms with van der Waals surface area (Å²) in [7, 11) is -5.18. The number of phenolic OH excluding ortho intramolecular Hbond substituents is 5. The molecule has 0 radical (unpaired) electrons. The number of esters is 2. The second-order valence-electron chi connectivity index (χ2n) is 7.70. The van der Waals surface area contributed by atoms with Crippen LogP contribution in [-0.2, 0) is 24.6 Å². The minimum Gasteiger partial charge on any atom is -0.504 e. The first-order valence-electron chi connectivity index (χ1n) is 10.1. The third-order valence-corrected chi connectivity index (χ3v) is 5.46. The molecule has 2 aromatic rings. The Hall–Kier alpha value is -4.07. The number of rotatable bonds is 7. The second-order valence-corrected chi connectivity index (χ2v) is 8.72. The van der Waals surface area contributed by atoms with Crippen LogP contribution in [0.25, 0.3) is 0 Å². The van der Waals surface area contributed by atoms with Gasteiger partial charge in [0.25, 0.3) is 0 Å². The summed E-state index contributed by atoms with van der Waals surface area (Å²) in [6.45, 7) is -0.953. The highest BCUT2D eigenvalue weighted by Gasteiger charge is 2.49. The average Bonchev–Trinajstić information content (AvgIpc) is 2.82. The van der Waals surface area contributed by atoms with Gasteiger partial charge in [-0.2, -0.15) is 8.42 Å². The van der Waals surface area contributed by atoms with Crippen molar-refractivity contribution in [3.8, 4) is 34.5 Å². The van der Waals surface area contributed by atoms with E-state index in [1.165, 1.54) is 0 Å². The number of hydrogen-bond acceptors (Lipinski definition) is 16. The Morgan fingerprint density at radius 2 is 1.26 bits per heavy atom. The van der Waals surface area contributed by atoms with Gasteiger partial charge in [-0.05, 0) is 24.3 Å². The van der Waals surface area contributed by atoms with E-state index in [-0.39, 0.29) is 0 Å². The zero-order chi connectivity index (χ0) is 28.5. The largest absolute Gasteiger partial charge is 0.504 e. The van der Waals surface area contributed by atoms with Crippen molar-refractivity contribution in [1.29, 1.82) is 0 Å². The maximum atomic E-state index is 12.7.